The largest absolute Gasteiger partial charge is 0.367 e. The predicted molar refractivity (Wildman–Crippen MR) is 204 cm³/mol. The van der Waals surface area contributed by atoms with Crippen LogP contribution >= 0.6 is 23.2 Å². The standard InChI is InChI=1S/C39H37Cl2N7O4/c40-31-9-1-3-13-35(31)45-19-23-47(24-20-45)38(50)17-15-28-7-5-11-33(42-28)30(27-37(49)44-52)34-12-6-8-29(43-34)16-18-39(51)48-25-21-46(22-26-48)36-14-4-2-10-32(36)41/h1-18,27,52H,19-26H2,(H,44,49). The van der Waals surface area contributed by atoms with Gasteiger partial charge in [0.15, 0.2) is 0 Å². The Balaban J connectivity index is 1.11. The van der Waals surface area contributed by atoms with Gasteiger partial charge in [0.1, 0.15) is 0 Å². The summed E-state index contributed by atoms with van der Waals surface area (Å²) >= 11 is 12.7. The highest BCUT2D eigenvalue weighted by molar-refractivity contribution is 6.33. The number of piperazine rings is 2. The summed E-state index contributed by atoms with van der Waals surface area (Å²) in [4.78, 5) is 55.7. The maximum atomic E-state index is 13.1. The van der Waals surface area contributed by atoms with Gasteiger partial charge in [0.25, 0.3) is 5.91 Å². The van der Waals surface area contributed by atoms with Crippen LogP contribution in [0.3, 0.4) is 0 Å². The first-order valence-corrected chi connectivity index (χ1v) is 17.6. The molecule has 11 nitrogen and oxygen atoms in total. The van der Waals surface area contributed by atoms with Gasteiger partial charge in [-0.2, -0.15) is 0 Å². The number of nitrogens with zero attached hydrogens (tertiary/aromatic N) is 6. The van der Waals surface area contributed by atoms with E-state index in [1.54, 1.807) is 63.8 Å². The van der Waals surface area contributed by atoms with E-state index < -0.39 is 5.91 Å². The van der Waals surface area contributed by atoms with E-state index in [2.05, 4.69) is 19.8 Å². The number of hydroxylamine groups is 1. The Morgan fingerprint density at radius 2 is 1.02 bits per heavy atom. The number of nitrogens with one attached hydrogen (secondary N) is 1. The van der Waals surface area contributed by atoms with Gasteiger partial charge in [-0.15, -0.1) is 0 Å². The molecule has 2 aliphatic heterocycles. The molecule has 0 spiro atoms. The van der Waals surface area contributed by atoms with E-state index in [1.807, 2.05) is 48.5 Å². The molecule has 52 heavy (non-hydrogen) atoms. The van der Waals surface area contributed by atoms with Crippen LogP contribution in [0, 0.1) is 0 Å². The fourth-order valence-corrected chi connectivity index (χ4v) is 6.62. The molecule has 4 heterocycles. The lowest BCUT2D eigenvalue weighted by Gasteiger charge is -2.36. The highest BCUT2D eigenvalue weighted by Crippen LogP contribution is 2.27. The molecule has 2 N–H and O–H groups in total. The number of pyridine rings is 2. The van der Waals surface area contributed by atoms with Gasteiger partial charge in [-0.3, -0.25) is 19.6 Å². The monoisotopic (exact) mass is 737 g/mol. The molecule has 2 fully saturated rings. The Hall–Kier alpha value is -5.49. The molecular weight excluding hydrogens is 701 g/mol. The average molecular weight is 739 g/mol. The zero-order chi connectivity index (χ0) is 36.5. The molecule has 6 rings (SSSR count). The molecule has 0 bridgehead atoms. The minimum Gasteiger partial charge on any atom is -0.367 e. The lowest BCUT2D eigenvalue weighted by Crippen LogP contribution is -2.48. The van der Waals surface area contributed by atoms with Crippen LogP contribution in [0.4, 0.5) is 11.4 Å². The minimum absolute atomic E-state index is 0.139. The summed E-state index contributed by atoms with van der Waals surface area (Å²) in [7, 11) is 0. The van der Waals surface area contributed by atoms with Crippen molar-refractivity contribution in [2.24, 2.45) is 0 Å². The number of hydrogen-bond donors (Lipinski definition) is 2. The molecule has 3 amide bonds. The number of aromatic nitrogens is 2. The van der Waals surface area contributed by atoms with Crippen molar-refractivity contribution in [2.75, 3.05) is 62.2 Å². The highest BCUT2D eigenvalue weighted by atomic mass is 35.5. The molecule has 0 radical (unpaired) electrons. The molecule has 2 aliphatic rings. The number of benzene rings is 2. The van der Waals surface area contributed by atoms with Crippen molar-refractivity contribution in [3.63, 3.8) is 0 Å². The second-order valence-electron chi connectivity index (χ2n) is 12.1. The molecule has 0 unspecified atom stereocenters. The van der Waals surface area contributed by atoms with Crippen LogP contribution in [0.1, 0.15) is 22.8 Å². The Bertz CT molecular complexity index is 1890. The molecule has 2 saturated heterocycles. The molecule has 266 valence electrons. The van der Waals surface area contributed by atoms with Gasteiger partial charge in [0.2, 0.25) is 11.8 Å². The van der Waals surface area contributed by atoms with E-state index in [4.69, 9.17) is 23.2 Å². The zero-order valence-electron chi connectivity index (χ0n) is 28.2. The minimum atomic E-state index is -0.766. The molecule has 0 saturated carbocycles. The van der Waals surface area contributed by atoms with Crippen LogP contribution in [-0.2, 0) is 14.4 Å². The van der Waals surface area contributed by atoms with E-state index in [1.165, 1.54) is 18.2 Å². The lowest BCUT2D eigenvalue weighted by molar-refractivity contribution is -0.127. The predicted octanol–water partition coefficient (Wildman–Crippen LogP) is 5.44. The molecular formula is C39H37Cl2N7O4. The topological polar surface area (TPSA) is 122 Å². The molecule has 2 aromatic heterocycles. The van der Waals surface area contributed by atoms with Gasteiger partial charge in [-0.05, 0) is 60.7 Å². The van der Waals surface area contributed by atoms with Crippen molar-refractivity contribution >= 4 is 70.0 Å². The number of carbonyl (C=O) groups excluding carboxylic acids is 3. The molecule has 0 atom stereocenters. The van der Waals surface area contributed by atoms with Crippen LogP contribution in [0.15, 0.2) is 103 Å². The summed E-state index contributed by atoms with van der Waals surface area (Å²) in [6, 6.07) is 25.8. The summed E-state index contributed by atoms with van der Waals surface area (Å²) in [6.45, 7) is 4.84. The van der Waals surface area contributed by atoms with Gasteiger partial charge in [-0.1, -0.05) is 59.6 Å². The van der Waals surface area contributed by atoms with E-state index >= 15 is 0 Å². The third kappa shape index (κ3) is 9.05. The van der Waals surface area contributed by atoms with Crippen LogP contribution < -0.4 is 15.3 Å². The maximum Gasteiger partial charge on any atom is 0.268 e. The van der Waals surface area contributed by atoms with Crippen molar-refractivity contribution in [3.05, 3.63) is 136 Å². The number of carbonyl (C=O) groups is 3. The van der Waals surface area contributed by atoms with Crippen LogP contribution in [0.2, 0.25) is 10.0 Å². The van der Waals surface area contributed by atoms with E-state index in [9.17, 15) is 19.6 Å². The zero-order valence-corrected chi connectivity index (χ0v) is 29.7. The van der Waals surface area contributed by atoms with Crippen molar-refractivity contribution in [1.82, 2.24) is 25.2 Å². The van der Waals surface area contributed by atoms with Gasteiger partial charge in [0.05, 0.1) is 44.2 Å². The SMILES string of the molecule is O=C(C=C(c1cccc(C=CC(=O)N2CCN(c3ccccc3Cl)CC2)n1)c1cccc(C=CC(=O)N2CCN(c3ccccc3Cl)CC2)n1)NO. The Kier molecular flexibility index (Phi) is 12.0. The first-order valence-electron chi connectivity index (χ1n) is 16.8. The van der Waals surface area contributed by atoms with Gasteiger partial charge < -0.3 is 19.6 Å². The first kappa shape index (κ1) is 36.3. The molecule has 0 aliphatic carbocycles. The molecule has 13 heteroatoms. The highest BCUT2D eigenvalue weighted by Gasteiger charge is 2.22. The lowest BCUT2D eigenvalue weighted by atomic mass is 10.1. The third-order valence-corrected chi connectivity index (χ3v) is 9.48. The van der Waals surface area contributed by atoms with Gasteiger partial charge in [0, 0.05) is 76.2 Å². The number of anilines is 2. The van der Waals surface area contributed by atoms with Crippen LogP contribution in [-0.4, -0.2) is 95.1 Å². The van der Waals surface area contributed by atoms with Gasteiger partial charge in [-0.25, -0.2) is 15.4 Å². The number of amides is 3. The summed E-state index contributed by atoms with van der Waals surface area (Å²) in [6.07, 6.45) is 7.42. The third-order valence-electron chi connectivity index (χ3n) is 8.84. The van der Waals surface area contributed by atoms with E-state index in [0.29, 0.717) is 90.8 Å². The quantitative estimate of drug-likeness (QED) is 0.132. The normalized spacial score (nSPS) is 14.9. The Morgan fingerprint density at radius 1 is 0.596 bits per heavy atom. The summed E-state index contributed by atoms with van der Waals surface area (Å²) in [5.74, 6) is -1.04. The second kappa shape index (κ2) is 17.1. The van der Waals surface area contributed by atoms with E-state index in [-0.39, 0.29) is 11.8 Å². The Morgan fingerprint density at radius 3 is 1.42 bits per heavy atom. The van der Waals surface area contributed by atoms with Gasteiger partial charge >= 0.3 is 0 Å². The van der Waals surface area contributed by atoms with Crippen molar-refractivity contribution < 1.29 is 19.6 Å². The molecule has 2 aromatic carbocycles. The Labute approximate surface area is 312 Å². The maximum absolute atomic E-state index is 13.1. The summed E-state index contributed by atoms with van der Waals surface area (Å²) in [5, 5.41) is 10.7. The number of para-hydroxylation sites is 2. The van der Waals surface area contributed by atoms with Crippen molar-refractivity contribution in [1.29, 1.82) is 0 Å². The fourth-order valence-electron chi connectivity index (χ4n) is 6.11. The van der Waals surface area contributed by atoms with Crippen LogP contribution in [0.25, 0.3) is 17.7 Å². The van der Waals surface area contributed by atoms with Crippen molar-refractivity contribution in [3.8, 4) is 0 Å². The molecule has 4 aromatic rings. The number of hydrogen-bond acceptors (Lipinski definition) is 8. The van der Waals surface area contributed by atoms with Crippen molar-refractivity contribution in [2.45, 2.75) is 0 Å². The van der Waals surface area contributed by atoms with Crippen LogP contribution in [0.5, 0.6) is 0 Å². The summed E-state index contributed by atoms with van der Waals surface area (Å²) in [5.41, 5.74) is 5.65. The number of halogens is 2. The smallest absolute Gasteiger partial charge is 0.268 e. The number of rotatable bonds is 9. The summed E-state index contributed by atoms with van der Waals surface area (Å²) < 4.78 is 0. The van der Waals surface area contributed by atoms with E-state index in [0.717, 1.165) is 11.4 Å². The second-order valence-corrected chi connectivity index (χ2v) is 12.9. The fraction of sp³-hybridized carbons (Fsp3) is 0.205. The average Bonchev–Trinajstić information content (AvgIpc) is 3.18. The first-order chi connectivity index (χ1) is 25.3.